The molecule has 0 radical (unpaired) electrons. The van der Waals surface area contributed by atoms with Crippen molar-refractivity contribution in [1.29, 1.82) is 0 Å². The van der Waals surface area contributed by atoms with E-state index >= 15 is 0 Å². The lowest BCUT2D eigenvalue weighted by atomic mass is 10.0. The molecule has 3 aromatic carbocycles. The van der Waals surface area contributed by atoms with Crippen LogP contribution in [0.1, 0.15) is 26.3 Å². The van der Waals surface area contributed by atoms with Crippen LogP contribution in [0.25, 0.3) is 0 Å². The number of esters is 1. The van der Waals surface area contributed by atoms with Gasteiger partial charge in [0.2, 0.25) is 19.9 Å². The van der Waals surface area contributed by atoms with Crippen molar-refractivity contribution in [2.45, 2.75) is 14.7 Å². The van der Waals surface area contributed by atoms with E-state index in [9.17, 15) is 31.2 Å². The number of rotatable bonds is 6. The Kier molecular flexibility index (Phi) is 6.52. The van der Waals surface area contributed by atoms with Crippen LogP contribution >= 0.6 is 0 Å². The summed E-state index contributed by atoms with van der Waals surface area (Å²) in [5, 5.41) is 2.44. The zero-order valence-electron chi connectivity index (χ0n) is 19.1. The number of nitrogens with one attached hydrogen (secondary N) is 1. The summed E-state index contributed by atoms with van der Waals surface area (Å²) in [6.45, 7) is -0.713. The van der Waals surface area contributed by atoms with E-state index in [1.165, 1.54) is 68.7 Å². The molecule has 3 aromatic rings. The topological polar surface area (TPSA) is 144 Å². The highest BCUT2D eigenvalue weighted by molar-refractivity contribution is 7.91. The fourth-order valence-electron chi connectivity index (χ4n) is 3.57. The molecule has 36 heavy (non-hydrogen) atoms. The molecule has 0 fully saturated rings. The summed E-state index contributed by atoms with van der Waals surface area (Å²) >= 11 is 0. The minimum absolute atomic E-state index is 0.0336. The molecule has 0 aliphatic carbocycles. The van der Waals surface area contributed by atoms with Crippen LogP contribution < -0.4 is 5.32 Å². The molecule has 0 atom stereocenters. The standard InChI is InChI=1S/C24H20N2O8S2/c1-26(2)36(32,33)17-7-5-6-16(13-17)25-22(27)14-34-24(29)15-10-11-19-21(12-15)35(30,31)20-9-4-3-8-18(20)23(19)28/h3-13H,14H2,1-2H3,(H,25,27). The van der Waals surface area contributed by atoms with E-state index in [2.05, 4.69) is 5.32 Å². The molecule has 12 heteroatoms. The van der Waals surface area contributed by atoms with Gasteiger partial charge in [-0.2, -0.15) is 0 Å². The van der Waals surface area contributed by atoms with Crippen molar-refractivity contribution in [3.63, 3.8) is 0 Å². The number of carbonyl (C=O) groups is 3. The molecular weight excluding hydrogens is 508 g/mol. The number of sulfone groups is 1. The second kappa shape index (κ2) is 9.30. The lowest BCUT2D eigenvalue weighted by Gasteiger charge is -2.19. The zero-order chi connectivity index (χ0) is 26.3. The van der Waals surface area contributed by atoms with Crippen LogP contribution in [0, 0.1) is 0 Å². The van der Waals surface area contributed by atoms with Crippen LogP contribution in [0.3, 0.4) is 0 Å². The summed E-state index contributed by atoms with van der Waals surface area (Å²) in [5.41, 5.74) is 0.0161. The maximum Gasteiger partial charge on any atom is 0.338 e. The normalized spacial score (nSPS) is 14.0. The van der Waals surface area contributed by atoms with Crippen LogP contribution in [-0.2, 0) is 29.4 Å². The molecule has 1 aliphatic heterocycles. The Balaban J connectivity index is 1.48. The van der Waals surface area contributed by atoms with E-state index in [4.69, 9.17) is 4.74 Å². The first-order valence-electron chi connectivity index (χ1n) is 10.5. The third-order valence-corrected chi connectivity index (χ3v) is 9.07. The fourth-order valence-corrected chi connectivity index (χ4v) is 6.19. The van der Waals surface area contributed by atoms with Crippen molar-refractivity contribution < 1.29 is 36.0 Å². The summed E-state index contributed by atoms with van der Waals surface area (Å²) in [6.07, 6.45) is 0. The lowest BCUT2D eigenvalue weighted by molar-refractivity contribution is -0.119. The number of hydrogen-bond acceptors (Lipinski definition) is 8. The highest BCUT2D eigenvalue weighted by atomic mass is 32.2. The van der Waals surface area contributed by atoms with Gasteiger partial charge in [0.05, 0.1) is 20.2 Å². The summed E-state index contributed by atoms with van der Waals surface area (Å²) in [6, 6.07) is 14.9. The van der Waals surface area contributed by atoms with E-state index in [-0.39, 0.29) is 37.1 Å². The molecule has 0 aromatic heterocycles. The van der Waals surface area contributed by atoms with E-state index in [0.29, 0.717) is 0 Å². The van der Waals surface area contributed by atoms with Gasteiger partial charge in [0, 0.05) is 30.9 Å². The molecule has 1 aliphatic rings. The van der Waals surface area contributed by atoms with Crippen molar-refractivity contribution >= 4 is 43.2 Å². The minimum Gasteiger partial charge on any atom is -0.452 e. The van der Waals surface area contributed by atoms with Gasteiger partial charge in [-0.25, -0.2) is 25.9 Å². The largest absolute Gasteiger partial charge is 0.452 e. The highest BCUT2D eigenvalue weighted by Gasteiger charge is 2.35. The predicted molar refractivity (Wildman–Crippen MR) is 128 cm³/mol. The molecule has 1 heterocycles. The molecule has 0 saturated heterocycles. The first kappa shape index (κ1) is 25.2. The second-order valence-electron chi connectivity index (χ2n) is 7.98. The quantitative estimate of drug-likeness (QED) is 0.375. The number of carbonyl (C=O) groups excluding carboxylic acids is 3. The second-order valence-corrected chi connectivity index (χ2v) is 12.0. The SMILES string of the molecule is CN(C)S(=O)(=O)c1cccc(NC(=O)COC(=O)c2ccc3c(c2)S(=O)(=O)c2ccccc2C3=O)c1. The van der Waals surface area contributed by atoms with Crippen LogP contribution in [0.5, 0.6) is 0 Å². The van der Waals surface area contributed by atoms with Gasteiger partial charge in [0.1, 0.15) is 0 Å². The van der Waals surface area contributed by atoms with Gasteiger partial charge < -0.3 is 10.1 Å². The van der Waals surface area contributed by atoms with Crippen molar-refractivity contribution in [3.05, 3.63) is 83.4 Å². The molecular formula is C24H20N2O8S2. The Morgan fingerprint density at radius 2 is 1.61 bits per heavy atom. The Morgan fingerprint density at radius 3 is 2.33 bits per heavy atom. The van der Waals surface area contributed by atoms with Gasteiger partial charge in [-0.1, -0.05) is 18.2 Å². The highest BCUT2D eigenvalue weighted by Crippen LogP contribution is 2.34. The molecule has 4 rings (SSSR count). The monoisotopic (exact) mass is 528 g/mol. The van der Waals surface area contributed by atoms with Crippen molar-refractivity contribution in [2.24, 2.45) is 0 Å². The van der Waals surface area contributed by atoms with Gasteiger partial charge >= 0.3 is 5.97 Å². The summed E-state index contributed by atoms with van der Waals surface area (Å²) in [5.74, 6) is -2.19. The Morgan fingerprint density at radius 1 is 0.917 bits per heavy atom. The molecule has 0 spiro atoms. The van der Waals surface area contributed by atoms with Gasteiger partial charge in [0.25, 0.3) is 5.91 Å². The van der Waals surface area contributed by atoms with Crippen LogP contribution in [0.2, 0.25) is 0 Å². The third-order valence-electron chi connectivity index (χ3n) is 5.40. The average molecular weight is 529 g/mol. The Labute approximate surface area is 207 Å². The molecule has 1 N–H and O–H groups in total. The number of nitrogens with zero attached hydrogens (tertiary/aromatic N) is 1. The lowest BCUT2D eigenvalue weighted by Crippen LogP contribution is -2.24. The number of amides is 1. The Bertz CT molecular complexity index is 1630. The summed E-state index contributed by atoms with van der Waals surface area (Å²) in [4.78, 5) is 37.0. The fraction of sp³-hybridized carbons (Fsp3) is 0.125. The number of ether oxygens (including phenoxy) is 1. The van der Waals surface area contributed by atoms with Crippen molar-refractivity contribution in [2.75, 3.05) is 26.0 Å². The number of sulfonamides is 1. The number of hydrogen-bond donors (Lipinski definition) is 1. The van der Waals surface area contributed by atoms with Crippen LogP contribution in [-0.4, -0.2) is 59.5 Å². The van der Waals surface area contributed by atoms with E-state index in [1.807, 2.05) is 0 Å². The van der Waals surface area contributed by atoms with Gasteiger partial charge in [-0.15, -0.1) is 0 Å². The van der Waals surface area contributed by atoms with Crippen LogP contribution in [0.15, 0.2) is 81.4 Å². The molecule has 1 amide bonds. The van der Waals surface area contributed by atoms with E-state index < -0.39 is 44.1 Å². The first-order valence-corrected chi connectivity index (χ1v) is 13.4. The van der Waals surface area contributed by atoms with E-state index in [0.717, 1.165) is 10.4 Å². The van der Waals surface area contributed by atoms with Gasteiger partial charge in [-0.3, -0.25) is 9.59 Å². The van der Waals surface area contributed by atoms with Crippen LogP contribution in [0.4, 0.5) is 5.69 Å². The summed E-state index contributed by atoms with van der Waals surface area (Å²) in [7, 11) is -5.01. The average Bonchev–Trinajstić information content (AvgIpc) is 2.86. The Hall–Kier alpha value is -3.87. The summed E-state index contributed by atoms with van der Waals surface area (Å²) < 4.78 is 56.6. The molecule has 0 bridgehead atoms. The number of anilines is 1. The molecule has 186 valence electrons. The maximum atomic E-state index is 13.0. The van der Waals surface area contributed by atoms with Crippen molar-refractivity contribution in [3.8, 4) is 0 Å². The zero-order valence-corrected chi connectivity index (χ0v) is 20.7. The molecule has 0 unspecified atom stereocenters. The maximum absolute atomic E-state index is 13.0. The van der Waals surface area contributed by atoms with E-state index in [1.54, 1.807) is 6.07 Å². The molecule has 0 saturated carbocycles. The number of benzene rings is 3. The minimum atomic E-state index is -4.05. The van der Waals surface area contributed by atoms with Crippen molar-refractivity contribution in [1.82, 2.24) is 4.31 Å². The molecule has 10 nitrogen and oxygen atoms in total. The third kappa shape index (κ3) is 4.53. The number of fused-ring (bicyclic) bond motifs is 2. The first-order chi connectivity index (χ1) is 16.9. The number of ketones is 1. The predicted octanol–water partition coefficient (Wildman–Crippen LogP) is 2.11. The smallest absolute Gasteiger partial charge is 0.338 e. The van der Waals surface area contributed by atoms with Gasteiger partial charge in [0.15, 0.2) is 12.4 Å². The van der Waals surface area contributed by atoms with Gasteiger partial charge in [-0.05, 0) is 48.5 Å².